The molecular formula is C84H72BClN4O2. The Morgan fingerprint density at radius 1 is 0.315 bits per heavy atom. The van der Waals surface area contributed by atoms with Gasteiger partial charge in [-0.25, -0.2) is 0 Å². The predicted octanol–water partition coefficient (Wildman–Crippen LogP) is 21.4. The van der Waals surface area contributed by atoms with Crippen molar-refractivity contribution in [2.45, 2.75) is 105 Å². The van der Waals surface area contributed by atoms with E-state index in [2.05, 4.69) is 266 Å². The van der Waals surface area contributed by atoms with Gasteiger partial charge < -0.3 is 9.31 Å². The SMILES string of the molecule is CC1(C)c2cc(-c3cccc(B4OC(C)(C)C(C)(C)O4)c3)ccc2-c2c1ccc1ccccc21.Cc1ccc2ccc3c(-c4cccc(-c5ccc6c(c5)C(C)(C)c5ccc7ccccc7c5-6)c4)cc(C)nc3c2n1.Cc1ccc2ccc3c(Cl)cc(C)nc3c2n1. The summed E-state index contributed by atoms with van der Waals surface area (Å²) in [6.45, 7) is 25.8. The first kappa shape index (κ1) is 59.0. The normalized spacial score (nSPS) is 15.2. The third-order valence-electron chi connectivity index (χ3n) is 20.1. The molecule has 0 amide bonds. The molecule has 0 saturated carbocycles. The highest BCUT2D eigenvalue weighted by Crippen LogP contribution is 2.54. The van der Waals surface area contributed by atoms with Gasteiger partial charge in [-0.15, -0.1) is 0 Å². The topological polar surface area (TPSA) is 70.0 Å². The molecule has 0 bridgehead atoms. The molecule has 6 nitrogen and oxygen atoms in total. The van der Waals surface area contributed by atoms with Crippen LogP contribution in [0.3, 0.4) is 0 Å². The van der Waals surface area contributed by atoms with E-state index in [9.17, 15) is 0 Å². The van der Waals surface area contributed by atoms with E-state index in [1.807, 2.05) is 45.0 Å². The summed E-state index contributed by atoms with van der Waals surface area (Å²) in [6, 6.07) is 78.9. The molecule has 1 fully saturated rings. The fourth-order valence-corrected chi connectivity index (χ4v) is 14.8. The summed E-state index contributed by atoms with van der Waals surface area (Å²) in [5.74, 6) is 0. The molecule has 5 heterocycles. The van der Waals surface area contributed by atoms with Crippen LogP contribution in [0.2, 0.25) is 5.02 Å². The van der Waals surface area contributed by atoms with Gasteiger partial charge in [-0.2, -0.15) is 0 Å². The third-order valence-corrected chi connectivity index (χ3v) is 20.5. The standard InChI is InChI=1S/C39H30N2.C31H31BO2.C14H11ClN2/c1-23-12-13-26-14-17-31-33(20-24(2)41-38(31)37(26)40-23)29-10-7-9-27(21-29)28-15-18-32-35(22-28)39(3,4)34-19-16-25-8-5-6-11-30(25)36(32)34;1-29(2)26-17-15-20-10-7-8-13-24(20)28(26)25-16-14-22(19-27(25)29)21-11-9-12-23(18-21)32-33-30(3,4)31(5,6)34-32;1-8-3-4-10-5-6-11-12(15)7-9(2)17-14(11)13(10)16-8/h5-22H,1-4H3;7-19H,1-6H3;3-7H,1-2H3. The van der Waals surface area contributed by atoms with Crippen molar-refractivity contribution in [3.05, 3.63) is 268 Å². The maximum Gasteiger partial charge on any atom is 0.494 e. The summed E-state index contributed by atoms with van der Waals surface area (Å²) in [5, 5.41) is 10.3. The van der Waals surface area contributed by atoms with Gasteiger partial charge in [0.1, 0.15) is 0 Å². The minimum atomic E-state index is -0.355. The zero-order valence-corrected chi connectivity index (χ0v) is 55.1. The number of hydrogen-bond acceptors (Lipinski definition) is 6. The molecule has 450 valence electrons. The molecule has 1 aliphatic heterocycles. The monoisotopic (exact) mass is 1210 g/mol. The molecule has 4 aromatic heterocycles. The molecule has 10 aromatic carbocycles. The van der Waals surface area contributed by atoms with Crippen LogP contribution >= 0.6 is 11.6 Å². The zero-order valence-electron chi connectivity index (χ0n) is 54.3. The molecule has 0 radical (unpaired) electrons. The van der Waals surface area contributed by atoms with Crippen molar-refractivity contribution in [2.75, 3.05) is 0 Å². The van der Waals surface area contributed by atoms with Crippen LogP contribution in [-0.4, -0.2) is 38.3 Å². The Balaban J connectivity index is 0.000000124. The molecule has 0 atom stereocenters. The van der Waals surface area contributed by atoms with Gasteiger partial charge in [0.25, 0.3) is 0 Å². The summed E-state index contributed by atoms with van der Waals surface area (Å²) in [5.41, 5.74) is 26.2. The van der Waals surface area contributed by atoms with E-state index >= 15 is 0 Å². The summed E-state index contributed by atoms with van der Waals surface area (Å²) in [4.78, 5) is 18.9. The highest BCUT2D eigenvalue weighted by molar-refractivity contribution is 6.62. The van der Waals surface area contributed by atoms with Gasteiger partial charge >= 0.3 is 7.12 Å². The number of pyridine rings is 4. The minimum Gasteiger partial charge on any atom is -0.399 e. The number of aromatic nitrogens is 4. The second kappa shape index (κ2) is 21.9. The van der Waals surface area contributed by atoms with Crippen LogP contribution in [0.25, 0.3) is 121 Å². The summed E-state index contributed by atoms with van der Waals surface area (Å²) in [6.07, 6.45) is 0. The molecule has 92 heavy (non-hydrogen) atoms. The fourth-order valence-electron chi connectivity index (χ4n) is 14.5. The van der Waals surface area contributed by atoms with Gasteiger partial charge in [0.05, 0.1) is 38.3 Å². The van der Waals surface area contributed by atoms with E-state index in [1.54, 1.807) is 0 Å². The van der Waals surface area contributed by atoms with Gasteiger partial charge in [-0.05, 0) is 203 Å². The average Bonchev–Trinajstić information content (AvgIpc) is 1.56. The van der Waals surface area contributed by atoms with Crippen molar-refractivity contribution >= 4 is 89.3 Å². The Bertz CT molecular complexity index is 5380. The molecule has 3 aliphatic rings. The van der Waals surface area contributed by atoms with Crippen LogP contribution in [0, 0.1) is 27.7 Å². The number of halogens is 1. The van der Waals surface area contributed by atoms with Crippen LogP contribution < -0.4 is 5.46 Å². The molecule has 0 N–H and O–H groups in total. The molecular weight excluding hydrogens is 1140 g/mol. The summed E-state index contributed by atoms with van der Waals surface area (Å²) >= 11 is 6.23. The molecule has 2 aliphatic carbocycles. The van der Waals surface area contributed by atoms with Gasteiger partial charge in [-0.1, -0.05) is 215 Å². The second-order valence-electron chi connectivity index (χ2n) is 27.5. The van der Waals surface area contributed by atoms with E-state index in [1.165, 1.54) is 99.4 Å². The number of rotatable bonds is 4. The van der Waals surface area contributed by atoms with Crippen molar-refractivity contribution in [3.8, 4) is 55.6 Å². The number of nitrogens with zero attached hydrogens (tertiary/aromatic N) is 4. The number of hydrogen-bond donors (Lipinski definition) is 0. The lowest BCUT2D eigenvalue weighted by molar-refractivity contribution is 0.00578. The third kappa shape index (κ3) is 9.87. The lowest BCUT2D eigenvalue weighted by Gasteiger charge is -2.32. The average molecular weight is 1220 g/mol. The maximum atomic E-state index is 6.31. The Hall–Kier alpha value is -9.37. The lowest BCUT2D eigenvalue weighted by atomic mass is 9.77. The number of benzene rings is 10. The van der Waals surface area contributed by atoms with Gasteiger partial charge in [0.15, 0.2) is 0 Å². The van der Waals surface area contributed by atoms with Crippen LogP contribution in [0.1, 0.15) is 100 Å². The second-order valence-corrected chi connectivity index (χ2v) is 27.9. The van der Waals surface area contributed by atoms with E-state index in [0.717, 1.165) is 76.9 Å². The van der Waals surface area contributed by atoms with Gasteiger partial charge in [0.2, 0.25) is 0 Å². The highest BCUT2D eigenvalue weighted by Gasteiger charge is 2.52. The van der Waals surface area contributed by atoms with Crippen LogP contribution in [-0.2, 0) is 20.1 Å². The molecule has 14 aromatic rings. The van der Waals surface area contributed by atoms with E-state index in [4.69, 9.17) is 30.9 Å². The first-order valence-corrected chi connectivity index (χ1v) is 32.4. The Kier molecular flexibility index (Phi) is 14.0. The summed E-state index contributed by atoms with van der Waals surface area (Å²) in [7, 11) is -0.355. The Morgan fingerprint density at radius 2 is 0.750 bits per heavy atom. The van der Waals surface area contributed by atoms with Gasteiger partial charge in [-0.3, -0.25) is 19.9 Å². The van der Waals surface area contributed by atoms with Crippen LogP contribution in [0.4, 0.5) is 0 Å². The molecule has 17 rings (SSSR count). The smallest absolute Gasteiger partial charge is 0.399 e. The first-order chi connectivity index (χ1) is 44.1. The van der Waals surface area contributed by atoms with Crippen molar-refractivity contribution in [3.63, 3.8) is 0 Å². The Labute approximate surface area is 544 Å². The maximum absolute atomic E-state index is 6.31. The van der Waals surface area contributed by atoms with Crippen molar-refractivity contribution in [1.82, 2.24) is 19.9 Å². The lowest BCUT2D eigenvalue weighted by Crippen LogP contribution is -2.41. The van der Waals surface area contributed by atoms with Crippen molar-refractivity contribution < 1.29 is 9.31 Å². The van der Waals surface area contributed by atoms with Crippen LogP contribution in [0.5, 0.6) is 0 Å². The molecule has 0 unspecified atom stereocenters. The van der Waals surface area contributed by atoms with E-state index < -0.39 is 0 Å². The molecule has 8 heteroatoms. The molecule has 0 spiro atoms. The fraction of sp³-hybridized carbons (Fsp3) is 0.190. The largest absolute Gasteiger partial charge is 0.494 e. The van der Waals surface area contributed by atoms with E-state index in [-0.39, 0.29) is 29.2 Å². The van der Waals surface area contributed by atoms with Crippen molar-refractivity contribution in [2.24, 2.45) is 0 Å². The van der Waals surface area contributed by atoms with Crippen LogP contribution in [0.15, 0.2) is 218 Å². The predicted molar refractivity (Wildman–Crippen MR) is 387 cm³/mol. The number of aryl methyl sites for hydroxylation is 4. The zero-order chi connectivity index (χ0) is 63.8. The van der Waals surface area contributed by atoms with Gasteiger partial charge in [0, 0.05) is 55.2 Å². The Morgan fingerprint density at radius 3 is 1.30 bits per heavy atom. The highest BCUT2D eigenvalue weighted by atomic mass is 35.5. The molecule has 1 saturated heterocycles. The van der Waals surface area contributed by atoms with Crippen molar-refractivity contribution in [1.29, 1.82) is 0 Å². The van der Waals surface area contributed by atoms with E-state index in [0.29, 0.717) is 0 Å². The quantitative estimate of drug-likeness (QED) is 0.129. The minimum absolute atomic E-state index is 0.0476. The number of fused-ring (bicyclic) bond motifs is 16. The first-order valence-electron chi connectivity index (χ1n) is 32.0. The summed E-state index contributed by atoms with van der Waals surface area (Å²) < 4.78 is 12.6.